The smallest absolute Gasteiger partial charge is 0.493 e. The predicted molar refractivity (Wildman–Crippen MR) is 187 cm³/mol. The zero-order valence-electron chi connectivity index (χ0n) is 29.4. The zero-order valence-corrected chi connectivity index (χ0v) is 29.4. The number of ether oxygens (including phenoxy) is 5. The molecule has 0 saturated heterocycles. The summed E-state index contributed by atoms with van der Waals surface area (Å²) < 4.78 is 64.8. The van der Waals surface area contributed by atoms with Crippen LogP contribution in [0.5, 0.6) is 17.4 Å². The fraction of sp³-hybridized carbons (Fsp3) is 0.359. The van der Waals surface area contributed by atoms with E-state index in [1.807, 2.05) is 25.1 Å². The molecule has 2 aromatic heterocycles. The molecule has 51 heavy (non-hydrogen) atoms. The van der Waals surface area contributed by atoms with Crippen LogP contribution < -0.4 is 14.2 Å². The maximum Gasteiger partial charge on any atom is 0.573 e. The number of alkyl halides is 3. The molecular weight excluding hydrogens is 665 g/mol. The molecule has 270 valence electrons. The van der Waals surface area contributed by atoms with Crippen LogP contribution in [0.3, 0.4) is 0 Å². The van der Waals surface area contributed by atoms with Gasteiger partial charge in [-0.1, -0.05) is 19.1 Å². The van der Waals surface area contributed by atoms with Gasteiger partial charge in [-0.3, -0.25) is 4.98 Å². The van der Waals surface area contributed by atoms with Crippen molar-refractivity contribution in [2.75, 3.05) is 20.3 Å². The van der Waals surface area contributed by atoms with Crippen molar-refractivity contribution in [2.24, 2.45) is 0 Å². The Morgan fingerprint density at radius 1 is 1.06 bits per heavy atom. The van der Waals surface area contributed by atoms with Crippen molar-refractivity contribution in [3.05, 3.63) is 89.1 Å². The third-order valence-electron chi connectivity index (χ3n) is 7.94. The largest absolute Gasteiger partial charge is 0.573 e. The van der Waals surface area contributed by atoms with Gasteiger partial charge in [0.1, 0.15) is 18.1 Å². The topological polar surface area (TPSA) is 109 Å². The number of aromatic nitrogens is 2. The van der Waals surface area contributed by atoms with E-state index >= 15 is 0 Å². The van der Waals surface area contributed by atoms with Crippen molar-refractivity contribution in [1.29, 1.82) is 0 Å². The second-order valence-electron chi connectivity index (χ2n) is 13.0. The summed E-state index contributed by atoms with van der Waals surface area (Å²) in [5.41, 5.74) is 4.40. The Balaban J connectivity index is 0.000000943. The van der Waals surface area contributed by atoms with Crippen LogP contribution in [0.1, 0.15) is 62.5 Å². The van der Waals surface area contributed by atoms with Crippen molar-refractivity contribution in [3.63, 3.8) is 0 Å². The number of benzene rings is 3. The Morgan fingerprint density at radius 2 is 1.84 bits per heavy atom. The summed E-state index contributed by atoms with van der Waals surface area (Å²) in [6, 6.07) is 16.5. The van der Waals surface area contributed by atoms with Gasteiger partial charge in [0.25, 0.3) is 0 Å². The molecule has 3 aromatic carbocycles. The minimum Gasteiger partial charge on any atom is -0.493 e. The second-order valence-corrected chi connectivity index (χ2v) is 13.0. The van der Waals surface area contributed by atoms with Crippen molar-refractivity contribution in [3.8, 4) is 28.5 Å². The molecule has 0 amide bonds. The van der Waals surface area contributed by atoms with Crippen molar-refractivity contribution in [2.45, 2.75) is 72.1 Å². The fourth-order valence-electron chi connectivity index (χ4n) is 5.99. The first-order chi connectivity index (χ1) is 24.2. The lowest BCUT2D eigenvalue weighted by Gasteiger charge is -2.29. The van der Waals surface area contributed by atoms with Crippen LogP contribution in [0.4, 0.5) is 13.2 Å². The van der Waals surface area contributed by atoms with E-state index in [2.05, 4.69) is 11.7 Å². The highest BCUT2D eigenvalue weighted by Gasteiger charge is 2.33. The number of nitrogens with zero attached hydrogens (tertiary/aromatic N) is 2. The summed E-state index contributed by atoms with van der Waals surface area (Å²) in [4.78, 5) is 22.2. The molecule has 5 aromatic rings. The van der Waals surface area contributed by atoms with Gasteiger partial charge in [0, 0.05) is 54.3 Å². The van der Waals surface area contributed by atoms with E-state index in [0.29, 0.717) is 56.6 Å². The predicted octanol–water partition coefficient (Wildman–Crippen LogP) is 9.15. The van der Waals surface area contributed by atoms with E-state index in [1.165, 1.54) is 18.2 Å². The van der Waals surface area contributed by atoms with Crippen LogP contribution >= 0.6 is 0 Å². The number of hydrogen-bond donors (Lipinski definition) is 1. The summed E-state index contributed by atoms with van der Waals surface area (Å²) in [5.74, 6) is -0.538. The van der Waals surface area contributed by atoms with E-state index in [0.717, 1.165) is 30.4 Å². The quantitative estimate of drug-likeness (QED) is 0.152. The fourth-order valence-corrected chi connectivity index (χ4v) is 5.99. The molecule has 1 aliphatic heterocycles. The summed E-state index contributed by atoms with van der Waals surface area (Å²) in [5, 5.41) is 12.0. The van der Waals surface area contributed by atoms with Crippen molar-refractivity contribution < 1.29 is 46.8 Å². The maximum absolute atomic E-state index is 12.8. The number of hydrogen-bond acceptors (Lipinski definition) is 8. The van der Waals surface area contributed by atoms with Gasteiger partial charge < -0.3 is 28.8 Å². The minimum atomic E-state index is -4.81. The lowest BCUT2D eigenvalue weighted by Crippen LogP contribution is -2.28. The lowest BCUT2D eigenvalue weighted by atomic mass is 9.86. The first kappa shape index (κ1) is 37.3. The number of rotatable bonds is 10. The van der Waals surface area contributed by atoms with Crippen LogP contribution in [-0.4, -0.2) is 53.3 Å². The number of aliphatic carboxylic acids is 1. The van der Waals surface area contributed by atoms with Crippen LogP contribution in [0.2, 0.25) is 0 Å². The van der Waals surface area contributed by atoms with Gasteiger partial charge in [-0.25, -0.2) is 9.78 Å². The van der Waals surface area contributed by atoms with Gasteiger partial charge in [-0.05, 0) is 98.8 Å². The van der Waals surface area contributed by atoms with E-state index in [-0.39, 0.29) is 18.2 Å². The van der Waals surface area contributed by atoms with Crippen LogP contribution in [-0.2, 0) is 27.3 Å². The number of aryl methyl sites for hydroxylation is 1. The number of fused-ring (bicyclic) bond motifs is 1. The van der Waals surface area contributed by atoms with Gasteiger partial charge in [0.15, 0.2) is 6.10 Å². The lowest BCUT2D eigenvalue weighted by molar-refractivity contribution is -0.274. The van der Waals surface area contributed by atoms with Crippen molar-refractivity contribution in [1.82, 2.24) is 9.97 Å². The average molecular weight is 707 g/mol. The Bertz CT molecular complexity index is 2010. The molecule has 1 unspecified atom stereocenters. The molecule has 0 bridgehead atoms. The molecule has 0 aliphatic carbocycles. The molecule has 1 atom stereocenters. The van der Waals surface area contributed by atoms with Crippen molar-refractivity contribution >= 4 is 27.8 Å². The highest BCUT2D eigenvalue weighted by Crippen LogP contribution is 2.45. The van der Waals surface area contributed by atoms with Crippen LogP contribution in [0, 0.1) is 6.92 Å². The first-order valence-electron chi connectivity index (χ1n) is 16.5. The summed E-state index contributed by atoms with van der Waals surface area (Å²) >= 11 is 0. The number of halogens is 3. The number of carbonyl (C=O) groups is 1. The Labute approximate surface area is 294 Å². The van der Waals surface area contributed by atoms with E-state index in [9.17, 15) is 23.1 Å². The Morgan fingerprint density at radius 3 is 2.51 bits per heavy atom. The molecule has 6 rings (SSSR count). The summed E-state index contributed by atoms with van der Waals surface area (Å²) in [6.45, 7) is 10.7. The normalized spacial score (nSPS) is 13.3. The highest BCUT2D eigenvalue weighted by molar-refractivity contribution is 6.08. The van der Waals surface area contributed by atoms with E-state index in [4.69, 9.17) is 28.9 Å². The van der Waals surface area contributed by atoms with Gasteiger partial charge in [0.2, 0.25) is 5.88 Å². The third kappa shape index (κ3) is 9.05. The minimum absolute atomic E-state index is 0.0587. The molecule has 12 heteroatoms. The summed E-state index contributed by atoms with van der Waals surface area (Å²) in [7, 11) is 1.71. The van der Waals surface area contributed by atoms with Gasteiger partial charge >= 0.3 is 12.3 Å². The molecule has 0 saturated carbocycles. The molecule has 0 spiro atoms. The summed E-state index contributed by atoms with van der Waals surface area (Å²) in [6.07, 6.45) is -2.53. The molecule has 1 N–H and O–H groups in total. The third-order valence-corrected chi connectivity index (χ3v) is 7.94. The maximum atomic E-state index is 12.8. The number of pyridine rings is 2. The number of carboxylic acids is 1. The molecule has 1 aliphatic rings. The second kappa shape index (κ2) is 15.5. The monoisotopic (exact) mass is 706 g/mol. The van der Waals surface area contributed by atoms with Gasteiger partial charge in [-0.2, -0.15) is 0 Å². The molecule has 0 fully saturated rings. The van der Waals surface area contributed by atoms with E-state index < -0.39 is 24.0 Å². The average Bonchev–Trinajstić information content (AvgIpc) is 3.06. The molecule has 0 radical (unpaired) electrons. The van der Waals surface area contributed by atoms with E-state index in [1.54, 1.807) is 58.3 Å². The van der Waals surface area contributed by atoms with Gasteiger partial charge in [-0.15, -0.1) is 13.2 Å². The van der Waals surface area contributed by atoms with Gasteiger partial charge in [0.05, 0.1) is 23.2 Å². The van der Waals surface area contributed by atoms with Crippen LogP contribution in [0.15, 0.2) is 66.9 Å². The first-order valence-corrected chi connectivity index (χ1v) is 16.5. The Kier molecular flexibility index (Phi) is 11.4. The number of carboxylic acid groups (broad SMARTS) is 1. The zero-order chi connectivity index (χ0) is 36.9. The Hall–Kier alpha value is -4.94. The molecule has 3 heterocycles. The SMILES string of the molecule is CCCOC.Cc1cc2nc(OCc3cccc(OC(F)(F)F)c3)ccc2c(-c2ccc3c4c(ccnc24)CCO3)c1C(OC(C)(C)C)C(=O)O. The molecule has 9 nitrogen and oxygen atoms in total. The highest BCUT2D eigenvalue weighted by atomic mass is 19.4. The standard InChI is InChI=1S/C35H31F3N2O6.C4H10O/c1-19-16-25-23(9-11-27(40-25)44-18-20-6-5-7-22(17-20)45-35(36,37)38)30(28(19)32(33(41)42)46-34(2,3)4)24-8-10-26-29-21(13-15-43-26)12-14-39-31(24)29;1-3-4-5-2/h5-12,14,16-17,32H,13,15,18H2,1-4H3,(H,41,42);3-4H2,1-2H3. The van der Waals surface area contributed by atoms with Crippen LogP contribution in [0.25, 0.3) is 32.9 Å². The number of methoxy groups -OCH3 is 1. The molecular formula is C39H41F3N2O7.